The number of nitrogens with zero attached hydrogens (tertiary/aromatic N) is 1. The number of rotatable bonds is 4. The maximum atomic E-state index is 13.2. The Morgan fingerprint density at radius 1 is 0.852 bits per heavy atom. The molecule has 0 aliphatic carbocycles. The molecule has 0 fully saturated rings. The van der Waals surface area contributed by atoms with Gasteiger partial charge in [-0.25, -0.2) is 0 Å². The second-order valence-corrected chi connectivity index (χ2v) is 6.26. The topological polar surface area (TPSA) is 59.0 Å². The zero-order valence-corrected chi connectivity index (χ0v) is 15.0. The van der Waals surface area contributed by atoms with Gasteiger partial charge in [-0.3, -0.25) is 9.69 Å². The predicted molar refractivity (Wildman–Crippen MR) is 102 cm³/mol. The summed E-state index contributed by atoms with van der Waals surface area (Å²) in [7, 11) is 3.08. The lowest BCUT2D eigenvalue weighted by molar-refractivity contribution is 0.0703. The van der Waals surface area contributed by atoms with Crippen LogP contribution in [0, 0.1) is 0 Å². The van der Waals surface area contributed by atoms with Gasteiger partial charge >= 0.3 is 0 Å². The van der Waals surface area contributed by atoms with E-state index in [4.69, 9.17) is 9.47 Å². The van der Waals surface area contributed by atoms with Crippen molar-refractivity contribution >= 4 is 11.6 Å². The van der Waals surface area contributed by atoms with Crippen molar-refractivity contribution in [1.82, 2.24) is 0 Å². The van der Waals surface area contributed by atoms with Gasteiger partial charge < -0.3 is 14.6 Å². The van der Waals surface area contributed by atoms with Gasteiger partial charge in [-0.1, -0.05) is 48.5 Å². The third kappa shape index (κ3) is 2.47. The Hall–Kier alpha value is -3.31. The Kier molecular flexibility index (Phi) is 4.09. The van der Waals surface area contributed by atoms with Crippen LogP contribution in [0.3, 0.4) is 0 Å². The van der Waals surface area contributed by atoms with Crippen molar-refractivity contribution in [2.45, 2.75) is 5.72 Å². The van der Waals surface area contributed by atoms with Crippen molar-refractivity contribution in [1.29, 1.82) is 0 Å². The van der Waals surface area contributed by atoms with E-state index in [0.29, 0.717) is 33.9 Å². The molecule has 0 saturated heterocycles. The zero-order chi connectivity index (χ0) is 19.0. The maximum Gasteiger partial charge on any atom is 0.261 e. The van der Waals surface area contributed by atoms with Gasteiger partial charge in [-0.15, -0.1) is 0 Å². The van der Waals surface area contributed by atoms with Crippen LogP contribution in [0.5, 0.6) is 11.5 Å². The number of methoxy groups -OCH3 is 2. The van der Waals surface area contributed by atoms with E-state index in [2.05, 4.69) is 0 Å². The maximum absolute atomic E-state index is 13.2. The van der Waals surface area contributed by atoms with Gasteiger partial charge in [0.05, 0.1) is 19.9 Å². The molecule has 1 aliphatic heterocycles. The summed E-state index contributed by atoms with van der Waals surface area (Å²) in [5, 5.41) is 11.8. The summed E-state index contributed by atoms with van der Waals surface area (Å²) in [5.74, 6) is 0.756. The molecule has 0 spiro atoms. The highest BCUT2D eigenvalue weighted by molar-refractivity contribution is 6.12. The van der Waals surface area contributed by atoms with Crippen LogP contribution < -0.4 is 14.4 Å². The third-order valence-corrected chi connectivity index (χ3v) is 4.86. The number of benzene rings is 3. The first-order valence-electron chi connectivity index (χ1n) is 8.55. The second kappa shape index (κ2) is 6.45. The molecule has 1 aliphatic rings. The van der Waals surface area contributed by atoms with E-state index in [9.17, 15) is 9.90 Å². The predicted octanol–water partition coefficient (Wildman–Crippen LogP) is 3.56. The van der Waals surface area contributed by atoms with Crippen LogP contribution in [-0.2, 0) is 5.72 Å². The summed E-state index contributed by atoms with van der Waals surface area (Å²) in [4.78, 5) is 14.6. The average molecular weight is 361 g/mol. The summed E-state index contributed by atoms with van der Waals surface area (Å²) in [6.45, 7) is 0. The van der Waals surface area contributed by atoms with E-state index in [0.717, 1.165) is 0 Å². The van der Waals surface area contributed by atoms with Crippen LogP contribution in [0.2, 0.25) is 0 Å². The molecule has 1 atom stereocenters. The van der Waals surface area contributed by atoms with E-state index in [1.54, 1.807) is 43.5 Å². The smallest absolute Gasteiger partial charge is 0.261 e. The second-order valence-electron chi connectivity index (χ2n) is 6.26. The molecule has 3 aromatic rings. The molecule has 0 bridgehead atoms. The van der Waals surface area contributed by atoms with Crippen molar-refractivity contribution in [2.75, 3.05) is 19.1 Å². The van der Waals surface area contributed by atoms with Gasteiger partial charge in [0.2, 0.25) is 0 Å². The molecule has 0 saturated carbocycles. The quantitative estimate of drug-likeness (QED) is 0.772. The molecule has 27 heavy (non-hydrogen) atoms. The number of carbonyl (C=O) groups excluding carboxylic acids is 1. The molecule has 1 heterocycles. The van der Waals surface area contributed by atoms with Crippen molar-refractivity contribution in [3.8, 4) is 11.5 Å². The first-order valence-corrected chi connectivity index (χ1v) is 8.55. The molecule has 0 aromatic heterocycles. The Morgan fingerprint density at radius 3 is 2.22 bits per heavy atom. The first kappa shape index (κ1) is 17.1. The largest absolute Gasteiger partial charge is 0.493 e. The SMILES string of the molecule is COc1ccc(N2C(=O)c3ccccc3[C@@]2(O)c2ccccc2)cc1OC. The Bertz CT molecular complexity index is 1000. The summed E-state index contributed by atoms with van der Waals surface area (Å²) >= 11 is 0. The Balaban J connectivity index is 1.95. The van der Waals surface area contributed by atoms with Crippen LogP contribution in [0.1, 0.15) is 21.5 Å². The molecule has 1 N–H and O–H groups in total. The monoisotopic (exact) mass is 361 g/mol. The molecule has 1 amide bonds. The third-order valence-electron chi connectivity index (χ3n) is 4.86. The highest BCUT2D eigenvalue weighted by Gasteiger charge is 2.50. The summed E-state index contributed by atoms with van der Waals surface area (Å²) in [6, 6.07) is 21.4. The van der Waals surface area contributed by atoms with E-state index >= 15 is 0 Å². The van der Waals surface area contributed by atoms with Gasteiger partial charge in [0.15, 0.2) is 17.2 Å². The number of carbonyl (C=O) groups is 1. The van der Waals surface area contributed by atoms with Crippen molar-refractivity contribution in [2.24, 2.45) is 0 Å². The zero-order valence-electron chi connectivity index (χ0n) is 15.0. The fraction of sp³-hybridized carbons (Fsp3) is 0.136. The molecule has 136 valence electrons. The minimum absolute atomic E-state index is 0.274. The molecular weight excluding hydrogens is 342 g/mol. The van der Waals surface area contributed by atoms with Gasteiger partial charge in [0, 0.05) is 22.8 Å². The lowest BCUT2D eigenvalue weighted by atomic mass is 9.93. The van der Waals surface area contributed by atoms with Gasteiger partial charge in [0.25, 0.3) is 5.91 Å². The number of anilines is 1. The average Bonchev–Trinajstić information content (AvgIpc) is 2.96. The van der Waals surface area contributed by atoms with Crippen LogP contribution in [-0.4, -0.2) is 25.2 Å². The van der Waals surface area contributed by atoms with Crippen LogP contribution in [0.4, 0.5) is 5.69 Å². The minimum Gasteiger partial charge on any atom is -0.493 e. The molecule has 0 radical (unpaired) electrons. The summed E-state index contributed by atoms with van der Waals surface area (Å²) in [5.41, 5.74) is 0.530. The molecule has 4 rings (SSSR count). The number of hydrogen-bond donors (Lipinski definition) is 1. The minimum atomic E-state index is -1.62. The summed E-state index contributed by atoms with van der Waals surface area (Å²) < 4.78 is 10.7. The standard InChI is InChI=1S/C22H19NO4/c1-26-19-13-12-16(14-20(19)27-2)23-21(24)17-10-6-7-11-18(17)22(23,25)15-8-4-3-5-9-15/h3-14,25H,1-2H3/t22-/m0/s1. The summed E-state index contributed by atoms with van der Waals surface area (Å²) in [6.07, 6.45) is 0. The van der Waals surface area contributed by atoms with Crippen LogP contribution >= 0.6 is 0 Å². The molecule has 5 nitrogen and oxygen atoms in total. The molecule has 5 heteroatoms. The number of amides is 1. The molecule has 3 aromatic carbocycles. The molecular formula is C22H19NO4. The van der Waals surface area contributed by atoms with E-state index in [-0.39, 0.29) is 5.91 Å². The highest BCUT2D eigenvalue weighted by Crippen LogP contribution is 2.46. The van der Waals surface area contributed by atoms with Crippen molar-refractivity contribution in [3.05, 3.63) is 89.5 Å². The van der Waals surface area contributed by atoms with E-state index in [1.807, 2.05) is 36.4 Å². The normalized spacial score (nSPS) is 18.3. The van der Waals surface area contributed by atoms with Gasteiger partial charge in [-0.2, -0.15) is 0 Å². The Morgan fingerprint density at radius 2 is 1.52 bits per heavy atom. The first-order chi connectivity index (χ1) is 13.1. The number of fused-ring (bicyclic) bond motifs is 1. The van der Waals surface area contributed by atoms with Crippen LogP contribution in [0.25, 0.3) is 0 Å². The fourth-order valence-corrected chi connectivity index (χ4v) is 3.58. The molecule has 0 unspecified atom stereocenters. The van der Waals surface area contributed by atoms with E-state index < -0.39 is 5.72 Å². The number of ether oxygens (including phenoxy) is 2. The highest BCUT2D eigenvalue weighted by atomic mass is 16.5. The van der Waals surface area contributed by atoms with Crippen molar-refractivity contribution in [3.63, 3.8) is 0 Å². The number of hydrogen-bond acceptors (Lipinski definition) is 4. The lowest BCUT2D eigenvalue weighted by Crippen LogP contribution is -2.45. The van der Waals surface area contributed by atoms with E-state index in [1.165, 1.54) is 12.0 Å². The van der Waals surface area contributed by atoms with Crippen LogP contribution in [0.15, 0.2) is 72.8 Å². The number of aliphatic hydroxyl groups is 1. The van der Waals surface area contributed by atoms with Gasteiger partial charge in [0.1, 0.15) is 0 Å². The van der Waals surface area contributed by atoms with Gasteiger partial charge in [-0.05, 0) is 18.2 Å². The Labute approximate surface area is 157 Å². The van der Waals surface area contributed by atoms with Crippen molar-refractivity contribution < 1.29 is 19.4 Å². The lowest BCUT2D eigenvalue weighted by Gasteiger charge is -2.35. The fourth-order valence-electron chi connectivity index (χ4n) is 3.58.